The Morgan fingerprint density at radius 2 is 1.81 bits per heavy atom. The second-order valence-corrected chi connectivity index (χ2v) is 10.0. The van der Waals surface area contributed by atoms with Gasteiger partial charge in [-0.2, -0.15) is 0 Å². The first-order valence-corrected chi connectivity index (χ1v) is 11.9. The van der Waals surface area contributed by atoms with Gasteiger partial charge in [0.1, 0.15) is 0 Å². The lowest BCUT2D eigenvalue weighted by Crippen LogP contribution is -2.39. The summed E-state index contributed by atoms with van der Waals surface area (Å²) in [5.41, 5.74) is 3.98. The van der Waals surface area contributed by atoms with Crippen LogP contribution in [0, 0.1) is 13.8 Å². The van der Waals surface area contributed by atoms with E-state index in [0.717, 1.165) is 41.6 Å². The first kappa shape index (κ1) is 22.6. The highest BCUT2D eigenvalue weighted by Gasteiger charge is 2.28. The van der Waals surface area contributed by atoms with Crippen LogP contribution in [0.5, 0.6) is 0 Å². The minimum Gasteiger partial charge on any atom is -0.322 e. The monoisotopic (exact) mass is 436 g/mol. The highest BCUT2D eigenvalue weighted by molar-refractivity contribution is 5.80. The molecule has 4 rings (SSSR count). The normalized spacial score (nSPS) is 15.7. The summed E-state index contributed by atoms with van der Waals surface area (Å²) in [6.45, 7) is 11.9. The van der Waals surface area contributed by atoms with Crippen LogP contribution < -0.4 is 5.56 Å². The molecule has 7 heteroatoms. The van der Waals surface area contributed by atoms with Gasteiger partial charge < -0.3 is 4.98 Å². The molecule has 1 fully saturated rings. The fourth-order valence-electron chi connectivity index (χ4n) is 4.72. The van der Waals surface area contributed by atoms with E-state index in [9.17, 15) is 4.79 Å². The number of tetrazole rings is 1. The van der Waals surface area contributed by atoms with Crippen molar-refractivity contribution >= 4 is 10.9 Å². The summed E-state index contributed by atoms with van der Waals surface area (Å²) in [6, 6.07) is 6.73. The zero-order valence-corrected chi connectivity index (χ0v) is 20.1. The van der Waals surface area contributed by atoms with Crippen LogP contribution in [0.3, 0.4) is 0 Å². The summed E-state index contributed by atoms with van der Waals surface area (Å²) in [6.07, 6.45) is 7.01. The number of nitrogens with one attached hydrogen (secondary N) is 1. The molecule has 1 aliphatic rings. The molecule has 2 heterocycles. The SMILES string of the molecule is CCC(C)(C)n1nnnc1CN(Cc1cc2cc(C)c(C)cc2[nH]c1=O)C1CCCCC1. The van der Waals surface area contributed by atoms with E-state index in [-0.39, 0.29) is 11.1 Å². The lowest BCUT2D eigenvalue weighted by molar-refractivity contribution is 0.129. The minimum atomic E-state index is -0.146. The van der Waals surface area contributed by atoms with Gasteiger partial charge in [0, 0.05) is 23.7 Å². The third kappa shape index (κ3) is 4.63. The number of H-pyrrole nitrogens is 1. The fourth-order valence-corrected chi connectivity index (χ4v) is 4.72. The topological polar surface area (TPSA) is 79.7 Å². The Labute approximate surface area is 190 Å². The van der Waals surface area contributed by atoms with E-state index in [1.165, 1.54) is 30.4 Å². The van der Waals surface area contributed by atoms with Gasteiger partial charge in [0.25, 0.3) is 5.56 Å². The van der Waals surface area contributed by atoms with Crippen molar-refractivity contribution in [3.8, 4) is 0 Å². The molecule has 1 aromatic carbocycles. The van der Waals surface area contributed by atoms with Crippen molar-refractivity contribution in [2.75, 3.05) is 0 Å². The number of fused-ring (bicyclic) bond motifs is 1. The zero-order valence-electron chi connectivity index (χ0n) is 20.1. The Balaban J connectivity index is 1.68. The molecule has 0 saturated heterocycles. The van der Waals surface area contributed by atoms with Gasteiger partial charge in [-0.25, -0.2) is 4.68 Å². The molecule has 172 valence electrons. The number of hydrogen-bond donors (Lipinski definition) is 1. The molecule has 2 aromatic heterocycles. The van der Waals surface area contributed by atoms with Crippen LogP contribution in [0.25, 0.3) is 10.9 Å². The second-order valence-electron chi connectivity index (χ2n) is 10.0. The minimum absolute atomic E-state index is 0.00459. The summed E-state index contributed by atoms with van der Waals surface area (Å²) in [5.74, 6) is 0.867. The Morgan fingerprint density at radius 3 is 2.53 bits per heavy atom. The van der Waals surface area contributed by atoms with Crippen LogP contribution in [0.15, 0.2) is 23.0 Å². The first-order chi connectivity index (χ1) is 15.3. The number of aromatic nitrogens is 5. The molecular weight excluding hydrogens is 400 g/mol. The van der Waals surface area contributed by atoms with E-state index < -0.39 is 0 Å². The van der Waals surface area contributed by atoms with E-state index in [2.05, 4.69) is 78.2 Å². The highest BCUT2D eigenvalue weighted by Crippen LogP contribution is 2.27. The number of pyridine rings is 1. The van der Waals surface area contributed by atoms with Gasteiger partial charge in [-0.05, 0) is 92.1 Å². The van der Waals surface area contributed by atoms with Gasteiger partial charge in [0.05, 0.1) is 12.1 Å². The molecule has 0 radical (unpaired) electrons. The maximum atomic E-state index is 13.0. The quantitative estimate of drug-likeness (QED) is 0.585. The lowest BCUT2D eigenvalue weighted by atomic mass is 9.93. The maximum absolute atomic E-state index is 13.0. The van der Waals surface area contributed by atoms with Crippen molar-refractivity contribution in [2.45, 2.75) is 97.8 Å². The third-order valence-corrected chi connectivity index (χ3v) is 7.32. The van der Waals surface area contributed by atoms with Gasteiger partial charge in [0.15, 0.2) is 5.82 Å². The van der Waals surface area contributed by atoms with E-state index >= 15 is 0 Å². The number of nitrogens with zero attached hydrogens (tertiary/aromatic N) is 5. The predicted molar refractivity (Wildman–Crippen MR) is 128 cm³/mol. The van der Waals surface area contributed by atoms with Gasteiger partial charge in [-0.15, -0.1) is 5.10 Å². The summed E-state index contributed by atoms with van der Waals surface area (Å²) in [4.78, 5) is 18.5. The van der Waals surface area contributed by atoms with E-state index in [1.807, 2.05) is 4.68 Å². The van der Waals surface area contributed by atoms with Crippen LogP contribution in [0.4, 0.5) is 0 Å². The average molecular weight is 437 g/mol. The smallest absolute Gasteiger partial charge is 0.252 e. The van der Waals surface area contributed by atoms with Gasteiger partial charge in [0.2, 0.25) is 0 Å². The Morgan fingerprint density at radius 1 is 1.09 bits per heavy atom. The van der Waals surface area contributed by atoms with Crippen molar-refractivity contribution < 1.29 is 0 Å². The number of aromatic amines is 1. The van der Waals surface area contributed by atoms with Crippen molar-refractivity contribution in [2.24, 2.45) is 0 Å². The molecule has 0 aliphatic heterocycles. The van der Waals surface area contributed by atoms with Gasteiger partial charge >= 0.3 is 0 Å². The average Bonchev–Trinajstić information content (AvgIpc) is 3.25. The fraction of sp³-hybridized carbons (Fsp3) is 0.600. The molecule has 32 heavy (non-hydrogen) atoms. The van der Waals surface area contributed by atoms with Crippen LogP contribution in [0.1, 0.15) is 81.8 Å². The summed E-state index contributed by atoms with van der Waals surface area (Å²) < 4.78 is 1.96. The molecule has 3 aromatic rings. The molecule has 0 spiro atoms. The largest absolute Gasteiger partial charge is 0.322 e. The summed E-state index contributed by atoms with van der Waals surface area (Å²) in [7, 11) is 0. The summed E-state index contributed by atoms with van der Waals surface area (Å²) >= 11 is 0. The molecule has 0 unspecified atom stereocenters. The first-order valence-electron chi connectivity index (χ1n) is 11.9. The Bertz CT molecular complexity index is 1140. The van der Waals surface area contributed by atoms with E-state index in [4.69, 9.17) is 0 Å². The Kier molecular flexibility index (Phi) is 6.47. The third-order valence-electron chi connectivity index (χ3n) is 7.32. The lowest BCUT2D eigenvalue weighted by Gasteiger charge is -2.34. The van der Waals surface area contributed by atoms with Crippen molar-refractivity contribution in [1.82, 2.24) is 30.1 Å². The number of hydrogen-bond acceptors (Lipinski definition) is 5. The molecule has 0 atom stereocenters. The second kappa shape index (κ2) is 9.14. The van der Waals surface area contributed by atoms with Crippen molar-refractivity contribution in [1.29, 1.82) is 0 Å². The maximum Gasteiger partial charge on any atom is 0.252 e. The zero-order chi connectivity index (χ0) is 22.9. The molecule has 1 saturated carbocycles. The van der Waals surface area contributed by atoms with Crippen molar-refractivity contribution in [3.63, 3.8) is 0 Å². The van der Waals surface area contributed by atoms with Crippen LogP contribution >= 0.6 is 0 Å². The van der Waals surface area contributed by atoms with Crippen LogP contribution in [-0.2, 0) is 18.6 Å². The summed E-state index contributed by atoms with van der Waals surface area (Å²) in [5, 5.41) is 13.7. The van der Waals surface area contributed by atoms with Crippen LogP contribution in [-0.4, -0.2) is 36.1 Å². The van der Waals surface area contributed by atoms with Gasteiger partial charge in [-0.1, -0.05) is 26.2 Å². The molecule has 1 N–H and O–H groups in total. The van der Waals surface area contributed by atoms with Crippen molar-refractivity contribution in [3.05, 3.63) is 51.1 Å². The highest BCUT2D eigenvalue weighted by atomic mass is 16.1. The van der Waals surface area contributed by atoms with Gasteiger partial charge in [-0.3, -0.25) is 9.69 Å². The Hall–Kier alpha value is -2.54. The van der Waals surface area contributed by atoms with E-state index in [1.54, 1.807) is 0 Å². The number of aryl methyl sites for hydroxylation is 2. The molecular formula is C25H36N6O. The number of rotatable bonds is 7. The molecule has 0 amide bonds. The van der Waals surface area contributed by atoms with Crippen LogP contribution in [0.2, 0.25) is 0 Å². The molecule has 7 nitrogen and oxygen atoms in total. The molecule has 1 aliphatic carbocycles. The predicted octanol–water partition coefficient (Wildman–Crippen LogP) is 4.61. The molecule has 0 bridgehead atoms. The van der Waals surface area contributed by atoms with E-state index in [0.29, 0.717) is 19.1 Å². The number of benzene rings is 1. The standard InChI is InChI=1S/C25H36N6O/c1-6-25(4,5)31-23(27-28-29-31)16-30(21-10-8-7-9-11-21)15-20-14-19-12-17(2)18(3)13-22(19)26-24(20)32/h12-14,21H,6-11,15-16H2,1-5H3,(H,26,32).